The van der Waals surface area contributed by atoms with Crippen molar-refractivity contribution >= 4 is 11.6 Å². The second kappa shape index (κ2) is 8.59. The zero-order valence-electron chi connectivity index (χ0n) is 12.9. The average molecular weight is 278 g/mol. The van der Waals surface area contributed by atoms with E-state index in [4.69, 9.17) is 0 Å². The maximum atomic E-state index is 11.7. The second-order valence-electron chi connectivity index (χ2n) is 6.86. The fourth-order valence-corrected chi connectivity index (χ4v) is 3.56. The summed E-state index contributed by atoms with van der Waals surface area (Å²) in [6, 6.07) is 0. The summed E-state index contributed by atoms with van der Waals surface area (Å²) in [5.41, 5.74) is 0. The molecule has 0 aliphatic heterocycles. The standard InChI is InChI=1S/C18H30O2/c19-17-12-8-3-1-2-6-10-15-14-16(15)11-7-4-5-9-13-18(17)20/h15-16H,1-14H2. The van der Waals surface area contributed by atoms with Gasteiger partial charge >= 0.3 is 0 Å². The van der Waals surface area contributed by atoms with E-state index in [-0.39, 0.29) is 11.6 Å². The first-order chi connectivity index (χ1) is 9.77. The molecule has 0 heterocycles. The molecule has 2 heteroatoms. The Balaban J connectivity index is 1.69. The summed E-state index contributed by atoms with van der Waals surface area (Å²) in [7, 11) is 0. The van der Waals surface area contributed by atoms with E-state index in [0.717, 1.165) is 37.5 Å². The molecule has 2 aliphatic rings. The topological polar surface area (TPSA) is 34.1 Å². The number of ketones is 2. The van der Waals surface area contributed by atoms with Gasteiger partial charge in [-0.1, -0.05) is 57.8 Å². The van der Waals surface area contributed by atoms with E-state index in [1.54, 1.807) is 0 Å². The van der Waals surface area contributed by atoms with Crippen molar-refractivity contribution in [1.82, 2.24) is 0 Å². The van der Waals surface area contributed by atoms with Gasteiger partial charge in [0.15, 0.2) is 11.6 Å². The highest BCUT2D eigenvalue weighted by Gasteiger charge is 2.35. The van der Waals surface area contributed by atoms with Gasteiger partial charge in [-0.15, -0.1) is 0 Å². The highest BCUT2D eigenvalue weighted by atomic mass is 16.2. The second-order valence-corrected chi connectivity index (χ2v) is 6.86. The molecule has 0 aromatic rings. The Morgan fingerprint density at radius 3 is 1.45 bits per heavy atom. The first-order valence-corrected chi connectivity index (χ1v) is 8.83. The molecule has 2 unspecified atom stereocenters. The first kappa shape index (κ1) is 15.7. The summed E-state index contributed by atoms with van der Waals surface area (Å²) in [6.45, 7) is 0. The van der Waals surface area contributed by atoms with Gasteiger partial charge < -0.3 is 0 Å². The first-order valence-electron chi connectivity index (χ1n) is 8.83. The number of carbonyl (C=O) groups is 2. The fourth-order valence-electron chi connectivity index (χ4n) is 3.56. The number of fused-ring (bicyclic) bond motifs is 1. The van der Waals surface area contributed by atoms with Crippen LogP contribution in [-0.2, 0) is 9.59 Å². The fraction of sp³-hybridized carbons (Fsp3) is 0.889. The summed E-state index contributed by atoms with van der Waals surface area (Å²) in [5.74, 6) is 1.83. The zero-order valence-corrected chi connectivity index (χ0v) is 12.9. The predicted molar refractivity (Wildman–Crippen MR) is 81.6 cm³/mol. The summed E-state index contributed by atoms with van der Waals surface area (Å²) >= 11 is 0. The van der Waals surface area contributed by atoms with Crippen molar-refractivity contribution in [2.45, 2.75) is 89.9 Å². The number of Topliss-reactive ketones (excluding diaryl/α,β-unsaturated/α-hetero) is 2. The van der Waals surface area contributed by atoms with Gasteiger partial charge in [0.05, 0.1) is 0 Å². The summed E-state index contributed by atoms with van der Waals surface area (Å²) in [4.78, 5) is 23.3. The Morgan fingerprint density at radius 1 is 0.550 bits per heavy atom. The van der Waals surface area contributed by atoms with Gasteiger partial charge in [0.25, 0.3) is 0 Å². The molecule has 2 aliphatic carbocycles. The van der Waals surface area contributed by atoms with Crippen LogP contribution in [0.5, 0.6) is 0 Å². The van der Waals surface area contributed by atoms with Gasteiger partial charge in [0.1, 0.15) is 0 Å². The molecule has 0 spiro atoms. The molecule has 0 aromatic heterocycles. The van der Waals surface area contributed by atoms with Crippen LogP contribution >= 0.6 is 0 Å². The highest BCUT2D eigenvalue weighted by Crippen LogP contribution is 2.45. The van der Waals surface area contributed by atoms with Crippen molar-refractivity contribution in [1.29, 1.82) is 0 Å². The quantitative estimate of drug-likeness (QED) is 0.594. The number of hydrogen-bond donors (Lipinski definition) is 0. The van der Waals surface area contributed by atoms with Gasteiger partial charge in [-0.3, -0.25) is 9.59 Å². The smallest absolute Gasteiger partial charge is 0.198 e. The van der Waals surface area contributed by atoms with Crippen LogP contribution in [0.1, 0.15) is 89.9 Å². The van der Waals surface area contributed by atoms with Crippen LogP contribution in [0.2, 0.25) is 0 Å². The SMILES string of the molecule is O=C1CCCCCCCC2CC2CCCCCCC1=O. The molecule has 2 rings (SSSR count). The van der Waals surface area contributed by atoms with Crippen molar-refractivity contribution in [3.8, 4) is 0 Å². The Morgan fingerprint density at radius 2 is 0.950 bits per heavy atom. The Hall–Kier alpha value is -0.660. The Bertz CT molecular complexity index is 321. The van der Waals surface area contributed by atoms with E-state index in [0.29, 0.717) is 12.8 Å². The largest absolute Gasteiger partial charge is 0.291 e. The Kier molecular flexibility index (Phi) is 6.75. The number of carbonyl (C=O) groups excluding carboxylic acids is 2. The number of rotatable bonds is 0. The summed E-state index contributed by atoms with van der Waals surface area (Å²) in [5, 5.41) is 0. The normalized spacial score (nSPS) is 31.4. The van der Waals surface area contributed by atoms with Gasteiger partial charge in [0.2, 0.25) is 0 Å². The van der Waals surface area contributed by atoms with Crippen molar-refractivity contribution in [2.24, 2.45) is 11.8 Å². The van der Waals surface area contributed by atoms with Crippen molar-refractivity contribution in [3.05, 3.63) is 0 Å². The molecule has 0 amide bonds. The summed E-state index contributed by atoms with van der Waals surface area (Å²) < 4.78 is 0. The van der Waals surface area contributed by atoms with E-state index >= 15 is 0 Å². The lowest BCUT2D eigenvalue weighted by atomic mass is 10.0. The molecular weight excluding hydrogens is 248 g/mol. The zero-order chi connectivity index (χ0) is 14.2. The van der Waals surface area contributed by atoms with Crippen molar-refractivity contribution < 1.29 is 9.59 Å². The van der Waals surface area contributed by atoms with Crippen LogP contribution in [0.15, 0.2) is 0 Å². The van der Waals surface area contributed by atoms with Crippen molar-refractivity contribution in [3.63, 3.8) is 0 Å². The Labute approximate surface area is 123 Å². The lowest BCUT2D eigenvalue weighted by molar-refractivity contribution is -0.136. The molecule has 114 valence electrons. The molecule has 0 aromatic carbocycles. The maximum absolute atomic E-state index is 11.7. The molecule has 0 bridgehead atoms. The van der Waals surface area contributed by atoms with E-state index in [9.17, 15) is 9.59 Å². The third-order valence-electron chi connectivity index (χ3n) is 5.09. The van der Waals surface area contributed by atoms with Crippen LogP contribution in [0.25, 0.3) is 0 Å². The maximum Gasteiger partial charge on any atom is 0.198 e. The van der Waals surface area contributed by atoms with Gasteiger partial charge in [-0.25, -0.2) is 0 Å². The van der Waals surface area contributed by atoms with Crippen LogP contribution in [0, 0.1) is 11.8 Å². The monoisotopic (exact) mass is 278 g/mol. The molecule has 2 atom stereocenters. The predicted octanol–water partition coefficient (Wildman–Crippen LogP) is 4.85. The molecule has 2 saturated carbocycles. The van der Waals surface area contributed by atoms with E-state index in [2.05, 4.69) is 0 Å². The molecule has 2 fully saturated rings. The van der Waals surface area contributed by atoms with Crippen molar-refractivity contribution in [2.75, 3.05) is 0 Å². The third-order valence-corrected chi connectivity index (χ3v) is 5.09. The highest BCUT2D eigenvalue weighted by molar-refractivity contribution is 6.37. The lowest BCUT2D eigenvalue weighted by Crippen LogP contribution is -2.13. The van der Waals surface area contributed by atoms with Crippen LogP contribution in [0.4, 0.5) is 0 Å². The molecule has 0 radical (unpaired) electrons. The minimum absolute atomic E-state index is 0.114. The van der Waals surface area contributed by atoms with Gasteiger partial charge in [-0.05, 0) is 31.1 Å². The van der Waals surface area contributed by atoms with Crippen LogP contribution in [0.3, 0.4) is 0 Å². The van der Waals surface area contributed by atoms with Gasteiger partial charge in [-0.2, -0.15) is 0 Å². The lowest BCUT2D eigenvalue weighted by Gasteiger charge is -2.02. The third kappa shape index (κ3) is 5.76. The average Bonchev–Trinajstić information content (AvgIpc) is 3.18. The minimum atomic E-state index is -0.115. The van der Waals surface area contributed by atoms with E-state index < -0.39 is 0 Å². The molecular formula is C18H30O2. The van der Waals surface area contributed by atoms with Gasteiger partial charge in [0, 0.05) is 12.8 Å². The molecule has 2 nitrogen and oxygen atoms in total. The molecule has 20 heavy (non-hydrogen) atoms. The summed E-state index contributed by atoms with van der Waals surface area (Å²) in [6.07, 6.45) is 15.8. The van der Waals surface area contributed by atoms with Crippen LogP contribution in [-0.4, -0.2) is 11.6 Å². The van der Waals surface area contributed by atoms with E-state index in [1.807, 2.05) is 0 Å². The molecule has 0 saturated heterocycles. The van der Waals surface area contributed by atoms with E-state index in [1.165, 1.54) is 51.4 Å². The number of hydrogen-bond acceptors (Lipinski definition) is 2. The van der Waals surface area contributed by atoms with Crippen LogP contribution < -0.4 is 0 Å². The minimum Gasteiger partial charge on any atom is -0.291 e. The molecule has 0 N–H and O–H groups in total.